The molecule has 0 aromatic carbocycles. The molecule has 0 aliphatic heterocycles. The van der Waals surface area contributed by atoms with E-state index in [4.69, 9.17) is 0.594 Å². The fraction of sp³-hybridized carbons (Fsp3) is 1.00. The van der Waals surface area contributed by atoms with E-state index in [1.165, 1.54) is 0 Å². The molecule has 0 heterocycles. The zero-order chi connectivity index (χ0) is 4.28. The molecule has 0 nitrogen and oxygen atoms in total. The average Bonchev–Trinajstić information content (AvgIpc) is 1.38. The quantitative estimate of drug-likeness (QED) is 0.417. The van der Waals surface area contributed by atoms with Gasteiger partial charge in [-0.05, 0) is 0 Å². The van der Waals surface area contributed by atoms with Crippen molar-refractivity contribution in [1.29, 1.82) is 0.594 Å². The average molecular weight is 177 g/mol. The minimum absolute atomic E-state index is 0.371. The van der Waals surface area contributed by atoms with Gasteiger partial charge in [0.15, 0.2) is 0 Å². The van der Waals surface area contributed by atoms with E-state index in [1.807, 2.05) is 0 Å². The van der Waals surface area contributed by atoms with Crippen molar-refractivity contribution in [2.45, 2.75) is 0 Å². The Labute approximate surface area is 36.1 Å². The second-order valence-electron chi connectivity index (χ2n) is 0.368. The predicted molar refractivity (Wildman–Crippen MR) is 27.3 cm³/mol. The van der Waals surface area contributed by atoms with Crippen LogP contribution in [0, 0.1) is 0 Å². The Morgan fingerprint density at radius 3 is 2.75 bits per heavy atom. The van der Waals surface area contributed by atoms with Gasteiger partial charge in [-0.1, -0.05) is 0 Å². The van der Waals surface area contributed by atoms with Crippen molar-refractivity contribution in [3.8, 4) is 0 Å². The Balaban J connectivity index is 2.54. The van der Waals surface area contributed by atoms with Crippen LogP contribution in [0.4, 0.5) is 4.39 Å². The summed E-state index contributed by atoms with van der Waals surface area (Å²) in [7, 11) is 0. The fourth-order valence-electron chi connectivity index (χ4n) is 0. The van der Waals surface area contributed by atoms with Gasteiger partial charge in [-0.25, -0.2) is 0 Å². The molecule has 4 heavy (non-hydrogen) atoms. The monoisotopic (exact) mass is 177 g/mol. The second kappa shape index (κ2) is 3.66. The standard InChI is InChI=1S/C2H6FI/c1-4-2-3/h4H,2H2,1H3/i4D. The summed E-state index contributed by atoms with van der Waals surface area (Å²) in [6, 6.07) is 0. The molecule has 0 saturated heterocycles. The van der Waals surface area contributed by atoms with Gasteiger partial charge < -0.3 is 0 Å². The van der Waals surface area contributed by atoms with Gasteiger partial charge in [0, 0.05) is 0 Å². The van der Waals surface area contributed by atoms with Gasteiger partial charge in [-0.3, -0.25) is 0 Å². The zero-order valence-corrected chi connectivity index (χ0v) is 4.62. The van der Waals surface area contributed by atoms with Crippen molar-refractivity contribution >= 4 is 21.0 Å². The van der Waals surface area contributed by atoms with Gasteiger partial charge in [0.1, 0.15) is 0 Å². The normalized spacial score (nSPS) is 14.5. The first-order chi connectivity index (χ1) is 2.27. The first kappa shape index (κ1) is 2.87. The van der Waals surface area contributed by atoms with E-state index in [2.05, 4.69) is 0 Å². The predicted octanol–water partition coefficient (Wildman–Crippen LogP) is 1.25. The van der Waals surface area contributed by atoms with E-state index in [0.29, 0.717) is 0 Å². The summed E-state index contributed by atoms with van der Waals surface area (Å²) in [5.41, 5.74) is 0. The number of halogens is 2. The third-order valence-corrected chi connectivity index (χ3v) is 0.678. The molecule has 0 fully saturated rings. The Morgan fingerprint density at radius 1 is 2.50 bits per heavy atom. The van der Waals surface area contributed by atoms with Crippen LogP contribution >= 0.6 is 21.0 Å². The third kappa shape index (κ3) is 2.66. The molecule has 0 radical (unpaired) electrons. The molecule has 0 aliphatic carbocycles. The van der Waals surface area contributed by atoms with Gasteiger partial charge >= 0.3 is 35.6 Å². The van der Waals surface area contributed by atoms with E-state index >= 15 is 0 Å². The zero-order valence-electron chi connectivity index (χ0n) is 3.46. The van der Waals surface area contributed by atoms with Crippen molar-refractivity contribution in [2.75, 3.05) is 9.61 Å². The van der Waals surface area contributed by atoms with Crippen LogP contribution in [0.1, 0.15) is 0 Å². The summed E-state index contributed by atoms with van der Waals surface area (Å²) in [4.78, 5) is 1.67. The first-order valence-corrected chi connectivity index (χ1v) is 4.60. The molecule has 0 aromatic heterocycles. The molecule has 0 N–H and O–H groups in total. The van der Waals surface area contributed by atoms with E-state index in [9.17, 15) is 4.39 Å². The van der Waals surface area contributed by atoms with Gasteiger partial charge in [-0.2, -0.15) is 0 Å². The fourth-order valence-corrected chi connectivity index (χ4v) is 0. The van der Waals surface area contributed by atoms with Crippen LogP contribution in [0.15, 0.2) is 0 Å². The van der Waals surface area contributed by atoms with Gasteiger partial charge in [0.05, 0.1) is 0 Å². The molecular weight excluding hydrogens is 170 g/mol. The van der Waals surface area contributed by atoms with Crippen LogP contribution in [0.2, 0.25) is 0 Å². The number of hydrogen-bond acceptors (Lipinski definition) is 0. The van der Waals surface area contributed by atoms with Gasteiger partial charge in [0.25, 0.3) is 0 Å². The minimum atomic E-state index is -1.70. The topological polar surface area (TPSA) is 0 Å². The molecule has 0 aliphatic rings. The molecule has 0 unspecified atom stereocenters. The SMILES string of the molecule is [2H]I(C)CF. The Morgan fingerprint density at radius 2 is 2.75 bits per heavy atom. The molecule has 28 valence electrons. The van der Waals surface area contributed by atoms with Crippen LogP contribution in [0.25, 0.3) is 0 Å². The molecule has 2 heteroatoms. The van der Waals surface area contributed by atoms with Crippen molar-refractivity contribution in [2.24, 2.45) is 0 Å². The Hall–Kier alpha value is 0.660. The molecule has 0 atom stereocenters. The third-order valence-electron chi connectivity index (χ3n) is 0.101. The molecule has 0 saturated carbocycles. The van der Waals surface area contributed by atoms with Gasteiger partial charge in [0.2, 0.25) is 0 Å². The van der Waals surface area contributed by atoms with Crippen LogP contribution in [-0.2, 0) is 0 Å². The van der Waals surface area contributed by atoms with Crippen molar-refractivity contribution < 1.29 is 4.39 Å². The molecule has 0 amide bonds. The summed E-state index contributed by atoms with van der Waals surface area (Å²) in [5, 5.41) is 0. The van der Waals surface area contributed by atoms with E-state index in [1.54, 1.807) is 4.93 Å². The van der Waals surface area contributed by atoms with Crippen LogP contribution < -0.4 is 0 Å². The van der Waals surface area contributed by atoms with Crippen LogP contribution in [0.5, 0.6) is 0 Å². The van der Waals surface area contributed by atoms with Crippen molar-refractivity contribution in [1.82, 2.24) is 0 Å². The molecule has 0 aromatic rings. The number of hydrogen-bond donors (Lipinski definition) is 0. The van der Waals surface area contributed by atoms with E-state index in [0.717, 1.165) is 0 Å². The van der Waals surface area contributed by atoms with E-state index in [-0.39, 0.29) is 4.68 Å². The van der Waals surface area contributed by atoms with Crippen LogP contribution in [-0.4, -0.2) is 10.2 Å². The maximum absolute atomic E-state index is 11.0. The van der Waals surface area contributed by atoms with Crippen molar-refractivity contribution in [3.63, 3.8) is 0 Å². The first-order valence-electron chi connectivity index (χ1n) is 1.29. The van der Waals surface area contributed by atoms with Crippen molar-refractivity contribution in [3.05, 3.63) is 0 Å². The molecule has 0 rings (SSSR count). The number of rotatable bonds is 1. The van der Waals surface area contributed by atoms with Crippen LogP contribution in [0.3, 0.4) is 0 Å². The summed E-state index contributed by atoms with van der Waals surface area (Å²) in [6.45, 7) is 0. The summed E-state index contributed by atoms with van der Waals surface area (Å²) in [5.74, 6) is 0. The molecule has 0 bridgehead atoms. The van der Waals surface area contributed by atoms with Gasteiger partial charge in [-0.15, -0.1) is 0 Å². The Bertz CT molecular complexity index is 23.6. The molecule has 0 spiro atoms. The summed E-state index contributed by atoms with van der Waals surface area (Å²) in [6.07, 6.45) is 0. The molecular formula is C2H6FI. The summed E-state index contributed by atoms with van der Waals surface area (Å²) < 4.78 is 17.2. The number of alkyl halides is 3. The Kier molecular flexibility index (Phi) is 2.63. The maximum atomic E-state index is 11.0. The second-order valence-corrected chi connectivity index (χ2v) is 2.47. The van der Waals surface area contributed by atoms with E-state index < -0.39 is 21.0 Å². The summed E-state index contributed by atoms with van der Waals surface area (Å²) >= 11 is -1.70.